The minimum absolute atomic E-state index is 0.248. The molecule has 1 saturated heterocycles. The van der Waals surface area contributed by atoms with Crippen LogP contribution < -0.4 is 4.90 Å². The Labute approximate surface area is 179 Å². The molecule has 7 heteroatoms. The van der Waals surface area contributed by atoms with E-state index in [2.05, 4.69) is 5.10 Å². The van der Waals surface area contributed by atoms with E-state index in [4.69, 9.17) is 0 Å². The first kappa shape index (κ1) is 19.7. The van der Waals surface area contributed by atoms with Crippen LogP contribution in [0.1, 0.15) is 53.1 Å². The number of carboxylic acids is 1. The van der Waals surface area contributed by atoms with Gasteiger partial charge in [-0.3, -0.25) is 9.59 Å². The van der Waals surface area contributed by atoms with Crippen LogP contribution >= 0.6 is 0 Å². The second kappa shape index (κ2) is 7.48. The van der Waals surface area contributed by atoms with Gasteiger partial charge >= 0.3 is 5.97 Å². The lowest BCUT2D eigenvalue weighted by molar-refractivity contribution is -0.142. The molecule has 160 valence electrons. The molecule has 1 aliphatic carbocycles. The molecule has 2 fully saturated rings. The van der Waals surface area contributed by atoms with Crippen molar-refractivity contribution >= 4 is 28.6 Å². The number of hydrogen-bond donors (Lipinski definition) is 1. The molecule has 1 aromatic heterocycles. The van der Waals surface area contributed by atoms with Crippen LogP contribution in [0.4, 0.5) is 10.2 Å². The highest BCUT2D eigenvalue weighted by molar-refractivity contribution is 6.05. The van der Waals surface area contributed by atoms with Gasteiger partial charge in [0.25, 0.3) is 5.91 Å². The second-order valence-electron chi connectivity index (χ2n) is 8.59. The van der Waals surface area contributed by atoms with E-state index in [9.17, 15) is 19.1 Å². The lowest BCUT2D eigenvalue weighted by Gasteiger charge is -2.30. The Balaban J connectivity index is 1.59. The van der Waals surface area contributed by atoms with Crippen molar-refractivity contribution in [1.29, 1.82) is 0 Å². The molecule has 1 saturated carbocycles. The molecule has 2 heterocycles. The predicted octanol–water partition coefficient (Wildman–Crippen LogP) is 4.35. The molecule has 0 spiro atoms. The molecule has 6 nitrogen and oxygen atoms in total. The van der Waals surface area contributed by atoms with E-state index in [1.807, 2.05) is 30.0 Å². The number of carboxylic acid groups (broad SMARTS) is 1. The minimum Gasteiger partial charge on any atom is -0.481 e. The van der Waals surface area contributed by atoms with Gasteiger partial charge in [0.05, 0.1) is 16.8 Å². The zero-order chi connectivity index (χ0) is 21.7. The number of carbonyl (C=O) groups excluding carboxylic acids is 1. The van der Waals surface area contributed by atoms with Crippen LogP contribution in [-0.2, 0) is 4.79 Å². The largest absolute Gasteiger partial charge is 0.481 e. The smallest absolute Gasteiger partial charge is 0.306 e. The van der Waals surface area contributed by atoms with E-state index in [0.717, 1.165) is 24.0 Å². The Kier molecular flexibility index (Phi) is 4.76. The maximum absolute atomic E-state index is 14.9. The van der Waals surface area contributed by atoms with E-state index >= 15 is 0 Å². The van der Waals surface area contributed by atoms with Crippen LogP contribution in [0.3, 0.4) is 0 Å². The average Bonchev–Trinajstić information content (AvgIpc) is 3.53. The van der Waals surface area contributed by atoms with Crippen LogP contribution in [0.5, 0.6) is 0 Å². The summed E-state index contributed by atoms with van der Waals surface area (Å²) >= 11 is 0. The highest BCUT2D eigenvalue weighted by atomic mass is 19.1. The van der Waals surface area contributed by atoms with Gasteiger partial charge in [-0.05, 0) is 61.8 Å². The summed E-state index contributed by atoms with van der Waals surface area (Å²) in [6.07, 6.45) is 3.08. The van der Waals surface area contributed by atoms with Crippen molar-refractivity contribution in [2.45, 2.75) is 38.5 Å². The number of anilines is 1. The molecule has 3 aromatic rings. The van der Waals surface area contributed by atoms with Crippen molar-refractivity contribution in [3.63, 3.8) is 0 Å². The zero-order valence-electron chi connectivity index (χ0n) is 17.3. The Hall–Kier alpha value is -3.22. The number of rotatable bonds is 4. The predicted molar refractivity (Wildman–Crippen MR) is 115 cm³/mol. The number of benzene rings is 2. The first-order valence-electron chi connectivity index (χ1n) is 10.7. The third-order valence-corrected chi connectivity index (χ3v) is 6.51. The van der Waals surface area contributed by atoms with Crippen LogP contribution in [0, 0.1) is 18.7 Å². The van der Waals surface area contributed by atoms with Crippen LogP contribution in [0.15, 0.2) is 36.4 Å². The van der Waals surface area contributed by atoms with Gasteiger partial charge in [0, 0.05) is 18.7 Å². The summed E-state index contributed by atoms with van der Waals surface area (Å²) in [7, 11) is 0. The van der Waals surface area contributed by atoms with Crippen LogP contribution in [0.25, 0.3) is 10.9 Å². The van der Waals surface area contributed by atoms with Crippen LogP contribution in [0.2, 0.25) is 0 Å². The van der Waals surface area contributed by atoms with E-state index in [1.54, 1.807) is 12.1 Å². The summed E-state index contributed by atoms with van der Waals surface area (Å²) in [5, 5.41) is 14.2. The molecule has 0 amide bonds. The highest BCUT2D eigenvalue weighted by Gasteiger charge is 2.32. The average molecular weight is 421 g/mol. The molecule has 2 aromatic carbocycles. The highest BCUT2D eigenvalue weighted by Crippen LogP contribution is 2.43. The molecule has 1 aliphatic heterocycles. The summed E-state index contributed by atoms with van der Waals surface area (Å²) in [5.74, 6) is -1.08. The maximum Gasteiger partial charge on any atom is 0.306 e. The SMILES string of the molecule is Cc1cccc(C2CC2)c1C(=O)n1nc(N2CCC(C(=O)O)CC2)c2c(F)cccc21. The van der Waals surface area contributed by atoms with Gasteiger partial charge in [-0.25, -0.2) is 4.39 Å². The van der Waals surface area contributed by atoms with Crippen molar-refractivity contribution in [2.24, 2.45) is 5.92 Å². The summed E-state index contributed by atoms with van der Waals surface area (Å²) in [6.45, 7) is 2.84. The van der Waals surface area contributed by atoms with Crippen molar-refractivity contribution in [1.82, 2.24) is 9.78 Å². The Morgan fingerprint density at radius 2 is 1.77 bits per heavy atom. The molecular weight excluding hydrogens is 397 g/mol. The topological polar surface area (TPSA) is 75.4 Å². The summed E-state index contributed by atoms with van der Waals surface area (Å²) < 4.78 is 16.2. The molecule has 5 rings (SSSR count). The van der Waals surface area contributed by atoms with Crippen molar-refractivity contribution in [3.05, 3.63) is 58.9 Å². The number of halogens is 1. The monoisotopic (exact) mass is 421 g/mol. The van der Waals surface area contributed by atoms with Crippen molar-refractivity contribution in [2.75, 3.05) is 18.0 Å². The normalized spacial score (nSPS) is 17.3. The fraction of sp³-hybridized carbons (Fsp3) is 0.375. The summed E-state index contributed by atoms with van der Waals surface area (Å²) in [5.41, 5.74) is 3.01. The number of piperidine rings is 1. The lowest BCUT2D eigenvalue weighted by Crippen LogP contribution is -2.36. The minimum atomic E-state index is -0.802. The van der Waals surface area contributed by atoms with Gasteiger partial charge in [-0.2, -0.15) is 4.68 Å². The van der Waals surface area contributed by atoms with E-state index in [-0.39, 0.29) is 5.91 Å². The number of fused-ring (bicyclic) bond motifs is 1. The number of nitrogens with zero attached hydrogens (tertiary/aromatic N) is 3. The van der Waals surface area contributed by atoms with E-state index in [1.165, 1.54) is 10.7 Å². The first-order valence-corrected chi connectivity index (χ1v) is 10.7. The third kappa shape index (κ3) is 3.38. The number of hydrogen-bond acceptors (Lipinski definition) is 4. The van der Waals surface area contributed by atoms with Crippen molar-refractivity contribution < 1.29 is 19.1 Å². The van der Waals surface area contributed by atoms with Gasteiger partial charge in [0.1, 0.15) is 5.82 Å². The van der Waals surface area contributed by atoms with Crippen LogP contribution in [-0.4, -0.2) is 39.9 Å². The van der Waals surface area contributed by atoms with Gasteiger partial charge in [0.2, 0.25) is 0 Å². The van der Waals surface area contributed by atoms with Gasteiger partial charge in [-0.15, -0.1) is 5.10 Å². The van der Waals surface area contributed by atoms with Crippen molar-refractivity contribution in [3.8, 4) is 0 Å². The maximum atomic E-state index is 14.9. The Bertz CT molecular complexity index is 1190. The summed E-state index contributed by atoms with van der Waals surface area (Å²) in [4.78, 5) is 26.9. The Morgan fingerprint density at radius 1 is 1.06 bits per heavy atom. The molecule has 1 N–H and O–H groups in total. The number of aryl methyl sites for hydroxylation is 1. The number of aliphatic carboxylic acids is 1. The Morgan fingerprint density at radius 3 is 2.45 bits per heavy atom. The number of aromatic nitrogens is 2. The molecule has 0 atom stereocenters. The van der Waals surface area contributed by atoms with E-state index in [0.29, 0.717) is 54.1 Å². The number of carbonyl (C=O) groups is 2. The summed E-state index contributed by atoms with van der Waals surface area (Å²) in [6, 6.07) is 10.6. The van der Waals surface area contributed by atoms with Gasteiger partial charge in [0.15, 0.2) is 5.82 Å². The fourth-order valence-corrected chi connectivity index (χ4v) is 4.65. The van der Waals surface area contributed by atoms with E-state index < -0.39 is 17.7 Å². The first-order chi connectivity index (χ1) is 15.0. The molecule has 0 radical (unpaired) electrons. The quantitative estimate of drug-likeness (QED) is 0.678. The molecule has 0 bridgehead atoms. The molecule has 31 heavy (non-hydrogen) atoms. The standard InChI is InChI=1S/C24H24FN3O3/c1-14-4-2-5-17(15-8-9-15)20(14)23(29)28-19-7-3-6-18(25)21(19)22(26-28)27-12-10-16(11-13-27)24(30)31/h2-7,15-16H,8-13H2,1H3,(H,30,31). The van der Waals surface area contributed by atoms with Gasteiger partial charge < -0.3 is 10.0 Å². The lowest BCUT2D eigenvalue weighted by atomic mass is 9.97. The molecule has 0 unspecified atom stereocenters. The molecule has 2 aliphatic rings. The second-order valence-corrected chi connectivity index (χ2v) is 8.59. The fourth-order valence-electron chi connectivity index (χ4n) is 4.65. The van der Waals surface area contributed by atoms with Gasteiger partial charge in [-0.1, -0.05) is 24.3 Å². The molecular formula is C24H24FN3O3. The third-order valence-electron chi connectivity index (χ3n) is 6.51. The zero-order valence-corrected chi connectivity index (χ0v) is 17.3.